The lowest BCUT2D eigenvalue weighted by atomic mass is 9.88. The molecule has 0 amide bonds. The van der Waals surface area contributed by atoms with Crippen LogP contribution in [0.4, 0.5) is 4.39 Å². The zero-order valence-electron chi connectivity index (χ0n) is 20.0. The highest BCUT2D eigenvalue weighted by atomic mass is 35.5. The third-order valence-corrected chi connectivity index (χ3v) is 6.43. The predicted molar refractivity (Wildman–Crippen MR) is 143 cm³/mol. The van der Waals surface area contributed by atoms with Gasteiger partial charge in [-0.25, -0.2) is 4.39 Å². The molecule has 0 aromatic heterocycles. The van der Waals surface area contributed by atoms with Gasteiger partial charge in [-0.2, -0.15) is 0 Å². The first-order valence-electron chi connectivity index (χ1n) is 12.1. The van der Waals surface area contributed by atoms with Crippen molar-refractivity contribution in [2.45, 2.75) is 38.3 Å². The predicted octanol–water partition coefficient (Wildman–Crippen LogP) is 7.80. The quantitative estimate of drug-likeness (QED) is 0.233. The van der Waals surface area contributed by atoms with Crippen molar-refractivity contribution < 1.29 is 9.13 Å². The summed E-state index contributed by atoms with van der Waals surface area (Å²) in [5.74, 6) is 0.265. The highest BCUT2D eigenvalue weighted by molar-refractivity contribution is 6.30. The van der Waals surface area contributed by atoms with Gasteiger partial charge in [0, 0.05) is 17.0 Å². The van der Waals surface area contributed by atoms with E-state index < -0.39 is 0 Å². The average molecular weight is 488 g/mol. The third kappa shape index (κ3) is 7.42. The molecule has 0 fully saturated rings. The molecule has 0 heterocycles. The number of benzene rings is 4. The number of ether oxygens (including phenoxy) is 1. The zero-order valence-corrected chi connectivity index (χ0v) is 20.7. The van der Waals surface area contributed by atoms with Crippen molar-refractivity contribution in [1.82, 2.24) is 5.32 Å². The van der Waals surface area contributed by atoms with E-state index >= 15 is 0 Å². The van der Waals surface area contributed by atoms with Crippen molar-refractivity contribution in [2.75, 3.05) is 6.54 Å². The molecule has 4 rings (SSSR count). The zero-order chi connectivity index (χ0) is 24.5. The summed E-state index contributed by atoms with van der Waals surface area (Å²) in [4.78, 5) is 0. The Morgan fingerprint density at radius 1 is 0.800 bits per heavy atom. The lowest BCUT2D eigenvalue weighted by molar-refractivity contribution is 0.290. The Labute approximate surface area is 212 Å². The Bertz CT molecular complexity index is 1140. The second-order valence-electron chi connectivity index (χ2n) is 8.90. The number of rotatable bonds is 11. The minimum absolute atomic E-state index is 0.224. The highest BCUT2D eigenvalue weighted by Gasteiger charge is 2.14. The largest absolute Gasteiger partial charge is 0.486 e. The van der Waals surface area contributed by atoms with Crippen LogP contribution in [0.1, 0.15) is 41.5 Å². The maximum absolute atomic E-state index is 14.6. The van der Waals surface area contributed by atoms with Gasteiger partial charge < -0.3 is 10.1 Å². The molecular formula is C31H31ClFNO. The molecule has 4 aromatic rings. The van der Waals surface area contributed by atoms with Crippen molar-refractivity contribution in [2.24, 2.45) is 0 Å². The first kappa shape index (κ1) is 25.0. The summed E-state index contributed by atoms with van der Waals surface area (Å²) in [6.45, 7) is 3.32. The molecule has 0 spiro atoms. The van der Waals surface area contributed by atoms with Crippen molar-refractivity contribution in [1.29, 1.82) is 0 Å². The Morgan fingerprint density at radius 3 is 2.00 bits per heavy atom. The van der Waals surface area contributed by atoms with Gasteiger partial charge in [0.15, 0.2) is 11.6 Å². The van der Waals surface area contributed by atoms with Gasteiger partial charge in [0.05, 0.1) is 0 Å². The van der Waals surface area contributed by atoms with E-state index in [1.807, 2.05) is 18.2 Å². The summed E-state index contributed by atoms with van der Waals surface area (Å²) in [6.07, 6.45) is 1.74. The van der Waals surface area contributed by atoms with E-state index in [0.717, 1.165) is 30.5 Å². The van der Waals surface area contributed by atoms with Gasteiger partial charge in [-0.1, -0.05) is 90.5 Å². The van der Waals surface area contributed by atoms with Gasteiger partial charge in [0.2, 0.25) is 0 Å². The van der Waals surface area contributed by atoms with E-state index in [0.29, 0.717) is 17.5 Å². The van der Waals surface area contributed by atoms with E-state index in [1.165, 1.54) is 11.1 Å². The first-order valence-corrected chi connectivity index (χ1v) is 12.5. The van der Waals surface area contributed by atoms with Gasteiger partial charge >= 0.3 is 0 Å². The van der Waals surface area contributed by atoms with Gasteiger partial charge in [0.25, 0.3) is 0 Å². The molecule has 4 heteroatoms. The molecule has 1 atom stereocenters. The molecule has 0 saturated heterocycles. The Morgan fingerprint density at radius 2 is 1.40 bits per heavy atom. The summed E-state index contributed by atoms with van der Waals surface area (Å²) >= 11 is 5.91. The van der Waals surface area contributed by atoms with Gasteiger partial charge in [0.1, 0.15) is 6.61 Å². The van der Waals surface area contributed by atoms with Crippen LogP contribution in [0.2, 0.25) is 5.02 Å². The Hall–Kier alpha value is -3.14. The summed E-state index contributed by atoms with van der Waals surface area (Å²) in [7, 11) is 0. The van der Waals surface area contributed by atoms with E-state index in [-0.39, 0.29) is 17.6 Å². The standard InChI is InChI=1S/C31H31ClFNO/c1-23(34-19-18-29(26-8-4-2-5-9-26)27-10-6-3-7-11-27)20-25-14-17-31(30(33)21-25)35-22-24-12-15-28(32)16-13-24/h2-17,21,23,29,34H,18-20,22H2,1H3. The second kappa shape index (κ2) is 12.5. The van der Waals surface area contributed by atoms with E-state index in [1.54, 1.807) is 24.3 Å². The molecular weight excluding hydrogens is 457 g/mol. The maximum atomic E-state index is 14.6. The van der Waals surface area contributed by atoms with Crippen LogP contribution < -0.4 is 10.1 Å². The van der Waals surface area contributed by atoms with Gasteiger partial charge in [-0.15, -0.1) is 0 Å². The SMILES string of the molecule is CC(Cc1ccc(OCc2ccc(Cl)cc2)c(F)c1)NCCC(c1ccccc1)c1ccccc1. The lowest BCUT2D eigenvalue weighted by Gasteiger charge is -2.20. The van der Waals surface area contributed by atoms with Gasteiger partial charge in [-0.3, -0.25) is 0 Å². The number of hydrogen-bond acceptors (Lipinski definition) is 2. The molecule has 2 nitrogen and oxygen atoms in total. The van der Waals surface area contributed by atoms with Crippen molar-refractivity contribution in [3.05, 3.63) is 136 Å². The minimum Gasteiger partial charge on any atom is -0.486 e. The lowest BCUT2D eigenvalue weighted by Crippen LogP contribution is -2.30. The fourth-order valence-corrected chi connectivity index (χ4v) is 4.45. The molecule has 0 radical (unpaired) electrons. The number of halogens is 2. The smallest absolute Gasteiger partial charge is 0.165 e. The maximum Gasteiger partial charge on any atom is 0.165 e. The monoisotopic (exact) mass is 487 g/mol. The van der Waals surface area contributed by atoms with Crippen molar-refractivity contribution in [3.63, 3.8) is 0 Å². The van der Waals surface area contributed by atoms with E-state index in [4.69, 9.17) is 16.3 Å². The van der Waals surface area contributed by atoms with Crippen LogP contribution in [0.15, 0.2) is 103 Å². The molecule has 0 aliphatic carbocycles. The highest BCUT2D eigenvalue weighted by Crippen LogP contribution is 2.27. The van der Waals surface area contributed by atoms with Crippen LogP contribution in [0.25, 0.3) is 0 Å². The molecule has 0 bridgehead atoms. The van der Waals surface area contributed by atoms with Crippen LogP contribution in [-0.2, 0) is 13.0 Å². The minimum atomic E-state index is -0.336. The van der Waals surface area contributed by atoms with E-state index in [2.05, 4.69) is 72.9 Å². The third-order valence-electron chi connectivity index (χ3n) is 6.18. The molecule has 1 unspecified atom stereocenters. The molecule has 35 heavy (non-hydrogen) atoms. The fourth-order valence-electron chi connectivity index (χ4n) is 4.33. The topological polar surface area (TPSA) is 21.3 Å². The molecule has 0 aliphatic heterocycles. The van der Waals surface area contributed by atoms with Crippen LogP contribution in [0.5, 0.6) is 5.75 Å². The van der Waals surface area contributed by atoms with Crippen LogP contribution in [0, 0.1) is 5.82 Å². The van der Waals surface area contributed by atoms with Crippen molar-refractivity contribution in [3.8, 4) is 5.75 Å². The molecule has 0 saturated carbocycles. The van der Waals surface area contributed by atoms with Crippen LogP contribution in [-0.4, -0.2) is 12.6 Å². The summed E-state index contributed by atoms with van der Waals surface area (Å²) < 4.78 is 20.3. The second-order valence-corrected chi connectivity index (χ2v) is 9.34. The van der Waals surface area contributed by atoms with Crippen molar-refractivity contribution >= 4 is 11.6 Å². The normalized spacial score (nSPS) is 12.0. The molecule has 0 aliphatic rings. The van der Waals surface area contributed by atoms with Gasteiger partial charge in [-0.05, 0) is 72.8 Å². The number of hydrogen-bond donors (Lipinski definition) is 1. The van der Waals surface area contributed by atoms with E-state index in [9.17, 15) is 4.39 Å². The number of nitrogens with one attached hydrogen (secondary N) is 1. The molecule has 180 valence electrons. The summed E-state index contributed by atoms with van der Waals surface area (Å²) in [6, 6.07) is 34.1. The molecule has 4 aromatic carbocycles. The van der Waals surface area contributed by atoms with Crippen LogP contribution >= 0.6 is 11.6 Å². The Balaban J connectivity index is 1.29. The average Bonchev–Trinajstić information content (AvgIpc) is 2.88. The van der Waals surface area contributed by atoms with Crippen LogP contribution in [0.3, 0.4) is 0 Å². The Kier molecular flexibility index (Phi) is 8.94. The first-order chi connectivity index (χ1) is 17.1. The molecule has 1 N–H and O–H groups in total. The fraction of sp³-hybridized carbons (Fsp3) is 0.226. The summed E-state index contributed by atoms with van der Waals surface area (Å²) in [5.41, 5.74) is 4.54. The summed E-state index contributed by atoms with van der Waals surface area (Å²) in [5, 5.41) is 4.29.